The summed E-state index contributed by atoms with van der Waals surface area (Å²) in [6, 6.07) is 0. The molecule has 0 unspecified atom stereocenters. The molecular formula is C6F13O3STl. The van der Waals surface area contributed by atoms with Gasteiger partial charge < -0.3 is 0 Å². The normalized spacial score (nSPS) is 16.3. The maximum atomic E-state index is 13.0. The van der Waals surface area contributed by atoms with E-state index in [0.717, 1.165) is 0 Å². The molecule has 0 aliphatic carbocycles. The maximum absolute atomic E-state index is 13.0. The van der Waals surface area contributed by atoms with Gasteiger partial charge in [-0.25, -0.2) is 0 Å². The third kappa shape index (κ3) is 2.96. The van der Waals surface area contributed by atoms with Crippen molar-refractivity contribution in [3.05, 3.63) is 0 Å². The monoisotopic (exact) mass is 604 g/mol. The van der Waals surface area contributed by atoms with Gasteiger partial charge in [-0.3, -0.25) is 0 Å². The van der Waals surface area contributed by atoms with E-state index in [1.807, 2.05) is 0 Å². The molecule has 0 saturated heterocycles. The molecule has 0 fully saturated rings. The van der Waals surface area contributed by atoms with Crippen molar-refractivity contribution >= 4 is 36.3 Å². The SMILES string of the molecule is O=S(=O)([O][Tl])C(F)(F)C(F)(F)C(F)(F)C(F)(F)C(F)(F)C(F)(F)F. The van der Waals surface area contributed by atoms with E-state index in [-0.39, 0.29) is 0 Å². The molecule has 18 heteroatoms. The first-order valence-corrected chi connectivity index (χ1v) is 7.89. The second kappa shape index (κ2) is 5.98. The van der Waals surface area contributed by atoms with Crippen LogP contribution < -0.4 is 0 Å². The van der Waals surface area contributed by atoms with Crippen LogP contribution in [0.5, 0.6) is 0 Å². The van der Waals surface area contributed by atoms with E-state index < -0.39 is 71.5 Å². The molecule has 0 saturated carbocycles. The molecule has 0 heterocycles. The van der Waals surface area contributed by atoms with E-state index >= 15 is 0 Å². The zero-order valence-electron chi connectivity index (χ0n) is 10.1. The van der Waals surface area contributed by atoms with Crippen molar-refractivity contribution in [3.63, 3.8) is 0 Å². The van der Waals surface area contributed by atoms with Gasteiger partial charge in [-0.15, -0.1) is 0 Å². The van der Waals surface area contributed by atoms with Gasteiger partial charge in [-0.1, -0.05) is 0 Å². The van der Waals surface area contributed by atoms with E-state index in [1.54, 1.807) is 0 Å². The van der Waals surface area contributed by atoms with Gasteiger partial charge in [-0.2, -0.15) is 0 Å². The second-order valence-electron chi connectivity index (χ2n) is 3.86. The first-order valence-electron chi connectivity index (χ1n) is 4.65. The fraction of sp³-hybridized carbons (Fsp3) is 1.00. The third-order valence-electron chi connectivity index (χ3n) is 2.35. The fourth-order valence-corrected chi connectivity index (χ4v) is 2.94. The minimum absolute atomic E-state index is 1.60. The molecule has 0 N–H and O–H groups in total. The minimum atomic E-state index is -8.15. The van der Waals surface area contributed by atoms with Gasteiger partial charge in [0.1, 0.15) is 0 Å². The quantitative estimate of drug-likeness (QED) is 0.347. The summed E-state index contributed by atoms with van der Waals surface area (Å²) in [4.78, 5) is 0. The predicted octanol–water partition coefficient (Wildman–Crippen LogP) is 3.11. The Morgan fingerprint density at radius 2 is 0.875 bits per heavy atom. The molecule has 0 aromatic carbocycles. The zero-order valence-corrected chi connectivity index (χ0v) is 15.4. The van der Waals surface area contributed by atoms with Crippen molar-refractivity contribution in [1.82, 2.24) is 0 Å². The Morgan fingerprint density at radius 1 is 0.583 bits per heavy atom. The number of halogens is 13. The Hall–Kier alpha value is -0.0779. The standard InChI is InChI=1S/C6HF13O3S.Tl/c7-1(8,3(11,12)5(15,16)17)2(9,10)4(13,14)6(18,19)23(20,21)22;/h(H,20,21,22);/q;+1/p-1. The molecule has 3 nitrogen and oxygen atoms in total. The third-order valence-corrected chi connectivity index (χ3v) is 6.44. The van der Waals surface area contributed by atoms with Gasteiger partial charge in [0.05, 0.1) is 0 Å². The van der Waals surface area contributed by atoms with E-state index in [1.165, 1.54) is 0 Å². The molecule has 0 aliphatic heterocycles. The number of alkyl halides is 13. The fourth-order valence-electron chi connectivity index (χ4n) is 0.973. The summed E-state index contributed by atoms with van der Waals surface area (Å²) in [6.45, 7) is 0. The Kier molecular flexibility index (Phi) is 5.96. The number of hydrogen-bond donors (Lipinski definition) is 0. The average molecular weight is 603 g/mol. The first kappa shape index (κ1) is 23.9. The van der Waals surface area contributed by atoms with Gasteiger partial charge in [0.25, 0.3) is 0 Å². The summed E-state index contributed by atoms with van der Waals surface area (Å²) in [5, 5.41) is -7.25. The zero-order chi connectivity index (χ0) is 20.2. The van der Waals surface area contributed by atoms with Crippen LogP contribution in [-0.2, 0) is 12.3 Å². The van der Waals surface area contributed by atoms with Crippen LogP contribution in [0.25, 0.3) is 0 Å². The Morgan fingerprint density at radius 3 is 1.12 bits per heavy atom. The molecule has 142 valence electrons. The number of hydrogen-bond acceptors (Lipinski definition) is 3. The number of rotatable bonds is 6. The van der Waals surface area contributed by atoms with E-state index in [4.69, 9.17) is 0 Å². The van der Waals surface area contributed by atoms with Gasteiger partial charge >= 0.3 is 139 Å². The Bertz CT molecular complexity index is 579. The molecule has 0 aliphatic rings. The van der Waals surface area contributed by atoms with Crippen LogP contribution in [0.2, 0.25) is 0 Å². The molecule has 0 aromatic heterocycles. The van der Waals surface area contributed by atoms with E-state index in [2.05, 4.69) is 2.13 Å². The molecule has 0 amide bonds. The summed E-state index contributed by atoms with van der Waals surface area (Å²) in [5.41, 5.74) is 0. The van der Waals surface area contributed by atoms with E-state index in [0.29, 0.717) is 0 Å². The van der Waals surface area contributed by atoms with Crippen molar-refractivity contribution in [2.45, 2.75) is 35.1 Å². The molecule has 0 bridgehead atoms. The van der Waals surface area contributed by atoms with Crippen LogP contribution in [0.3, 0.4) is 0 Å². The van der Waals surface area contributed by atoms with Gasteiger partial charge in [0.15, 0.2) is 0 Å². The Balaban J connectivity index is 6.52. The van der Waals surface area contributed by atoms with Crippen LogP contribution in [0, 0.1) is 0 Å². The second-order valence-corrected chi connectivity index (χ2v) is 7.72. The van der Waals surface area contributed by atoms with Crippen molar-refractivity contribution in [2.24, 2.45) is 0 Å². The van der Waals surface area contributed by atoms with Gasteiger partial charge in [0, 0.05) is 0 Å². The van der Waals surface area contributed by atoms with Crippen LogP contribution in [0.4, 0.5) is 57.1 Å². The van der Waals surface area contributed by atoms with Crippen LogP contribution in [-0.4, -0.2) is 69.8 Å². The molecule has 24 heavy (non-hydrogen) atoms. The molecule has 0 atom stereocenters. The average Bonchev–Trinajstić information content (AvgIpc) is 2.36. The van der Waals surface area contributed by atoms with Gasteiger partial charge in [0.2, 0.25) is 0 Å². The molecular weight excluding hydrogens is 603 g/mol. The van der Waals surface area contributed by atoms with Crippen molar-refractivity contribution in [1.29, 1.82) is 0 Å². The van der Waals surface area contributed by atoms with Gasteiger partial charge in [-0.05, 0) is 0 Å². The van der Waals surface area contributed by atoms with Crippen molar-refractivity contribution in [2.75, 3.05) is 0 Å². The van der Waals surface area contributed by atoms with E-state index in [9.17, 15) is 65.5 Å². The summed E-state index contributed by atoms with van der Waals surface area (Å²) in [5.74, 6) is -32.1. The molecule has 0 aromatic rings. The predicted molar refractivity (Wildman–Crippen MR) is 46.5 cm³/mol. The molecule has 0 rings (SSSR count). The topological polar surface area (TPSA) is 43.4 Å². The van der Waals surface area contributed by atoms with Crippen LogP contribution >= 0.6 is 0 Å². The summed E-state index contributed by atoms with van der Waals surface area (Å²) < 4.78 is 187. The van der Waals surface area contributed by atoms with Crippen molar-refractivity contribution in [3.8, 4) is 0 Å². The van der Waals surface area contributed by atoms with Crippen molar-refractivity contribution < 1.29 is 67.6 Å². The summed E-state index contributed by atoms with van der Waals surface area (Å²) in [6.07, 6.45) is -7.56. The summed E-state index contributed by atoms with van der Waals surface area (Å²) in [7, 11) is -7.03. The van der Waals surface area contributed by atoms with Crippen LogP contribution in [0.15, 0.2) is 0 Å². The molecule has 0 radical (unpaired) electrons. The first-order chi connectivity index (χ1) is 10.1. The summed E-state index contributed by atoms with van der Waals surface area (Å²) >= 11 is -1.60. The Labute approximate surface area is 139 Å². The molecule has 0 spiro atoms. The van der Waals surface area contributed by atoms with Crippen LogP contribution in [0.1, 0.15) is 0 Å².